The number of ether oxygens (including phenoxy) is 6. The van der Waals surface area contributed by atoms with Gasteiger partial charge in [-0.05, 0) is 79.6 Å². The summed E-state index contributed by atoms with van der Waals surface area (Å²) in [5.41, 5.74) is -2.70. The maximum atomic E-state index is 14.2. The molecule has 1 aromatic heterocycles. The van der Waals surface area contributed by atoms with Crippen molar-refractivity contribution in [2.24, 2.45) is 17.8 Å². The molecule has 3 heterocycles. The van der Waals surface area contributed by atoms with E-state index in [-0.39, 0.29) is 43.0 Å². The Balaban J connectivity index is 2.18. The number of allylic oxidation sites excluding steroid dienone is 1. The molecular formula is C38H57N3O11. The molecule has 14 nitrogen and oxygen atoms in total. The zero-order valence-corrected chi connectivity index (χ0v) is 32.4. The average Bonchev–Trinajstić information content (AvgIpc) is 3.62. The van der Waals surface area contributed by atoms with Crippen molar-refractivity contribution in [1.29, 1.82) is 0 Å². The number of terminal acetylenes is 1. The van der Waals surface area contributed by atoms with Crippen LogP contribution in [0.3, 0.4) is 0 Å². The summed E-state index contributed by atoms with van der Waals surface area (Å²) in [7, 11) is 3.74. The predicted octanol–water partition coefficient (Wildman–Crippen LogP) is 3.93. The number of ketones is 1. The summed E-state index contributed by atoms with van der Waals surface area (Å²) in [6.45, 7) is 14.6. The molecule has 52 heavy (non-hydrogen) atoms. The van der Waals surface area contributed by atoms with Gasteiger partial charge in [0.2, 0.25) is 0 Å². The molecule has 14 heteroatoms. The topological polar surface area (TPSA) is 165 Å². The van der Waals surface area contributed by atoms with E-state index in [4.69, 9.17) is 34.8 Å². The van der Waals surface area contributed by atoms with E-state index in [1.165, 1.54) is 38.6 Å². The second kappa shape index (κ2) is 17.9. The molecule has 0 aromatic carbocycles. The zero-order valence-electron chi connectivity index (χ0n) is 32.4. The van der Waals surface area contributed by atoms with Gasteiger partial charge in [0.1, 0.15) is 19.0 Å². The van der Waals surface area contributed by atoms with Gasteiger partial charge in [-0.25, -0.2) is 14.3 Å². The van der Waals surface area contributed by atoms with Crippen molar-refractivity contribution in [3.05, 3.63) is 30.4 Å². The van der Waals surface area contributed by atoms with Crippen molar-refractivity contribution < 1.29 is 52.7 Å². The van der Waals surface area contributed by atoms with Crippen molar-refractivity contribution in [3.63, 3.8) is 0 Å². The Labute approximate surface area is 307 Å². The van der Waals surface area contributed by atoms with E-state index in [9.17, 15) is 24.3 Å². The highest BCUT2D eigenvalue weighted by Crippen LogP contribution is 2.39. The largest absolute Gasteiger partial charge is 0.457 e. The molecule has 0 bridgehead atoms. The number of rotatable bonds is 8. The van der Waals surface area contributed by atoms with Crippen molar-refractivity contribution >= 4 is 23.8 Å². The number of aromatic nitrogens is 2. The molecular weight excluding hydrogens is 674 g/mol. The van der Waals surface area contributed by atoms with Crippen molar-refractivity contribution in [1.82, 2.24) is 14.5 Å². The number of aliphatic hydroxyl groups is 1. The van der Waals surface area contributed by atoms with Gasteiger partial charge in [-0.3, -0.25) is 14.4 Å². The molecule has 0 saturated carbocycles. The molecule has 2 aliphatic heterocycles. The first-order chi connectivity index (χ1) is 24.3. The van der Waals surface area contributed by atoms with E-state index in [1.54, 1.807) is 41.5 Å². The normalized spacial score (nSPS) is 36.6. The lowest BCUT2D eigenvalue weighted by atomic mass is 9.76. The first-order valence-corrected chi connectivity index (χ1v) is 17.8. The van der Waals surface area contributed by atoms with Crippen molar-refractivity contribution in [2.75, 3.05) is 20.7 Å². The molecule has 5 unspecified atom stereocenters. The fourth-order valence-corrected chi connectivity index (χ4v) is 7.40. The van der Waals surface area contributed by atoms with Crippen LogP contribution in [0.5, 0.6) is 0 Å². The number of likely N-dealkylation sites (N-methyl/N-ethyl adjacent to an activating group) is 1. The van der Waals surface area contributed by atoms with Gasteiger partial charge in [0.15, 0.2) is 23.8 Å². The smallest absolute Gasteiger partial charge is 0.420 e. The maximum absolute atomic E-state index is 14.2. The maximum Gasteiger partial charge on any atom is 0.420 e. The van der Waals surface area contributed by atoms with Crippen LogP contribution in [0.4, 0.5) is 4.79 Å². The van der Waals surface area contributed by atoms with E-state index < -0.39 is 77.7 Å². The number of carbonyl (C=O) groups excluding carboxylic acids is 4. The number of nitrogens with zero attached hydrogens (tertiary/aromatic N) is 3. The highest BCUT2D eigenvalue weighted by atomic mass is 16.7. The highest BCUT2D eigenvalue weighted by Gasteiger charge is 2.51. The first kappa shape index (κ1) is 42.8. The Kier molecular flexibility index (Phi) is 14.8. The molecule has 0 spiro atoms. The van der Waals surface area contributed by atoms with Gasteiger partial charge in [0, 0.05) is 31.2 Å². The van der Waals surface area contributed by atoms with E-state index in [1.807, 2.05) is 25.9 Å². The Bertz CT molecular complexity index is 1470. The summed E-state index contributed by atoms with van der Waals surface area (Å²) in [5.74, 6) is -1.80. The van der Waals surface area contributed by atoms with Crippen LogP contribution in [0.2, 0.25) is 0 Å². The minimum absolute atomic E-state index is 0.0552. The zero-order chi connectivity index (χ0) is 39.1. The standard InChI is InChI=1S/C38H57N3O11/c1-13-17-47-38(10)20-23(4)30(43)22(3)19-37(9,52-36(46)41-16-15-39-21-41)29(14-2)50-34(45)26(7)31(44)25(6)33(38)51-35-32(49-27(8)42)28(40(11)12)18-24(5)48-35/h1,15-16,19,21,23-26,28-29,31-33,35,44H,14,17-18,20H2,2-12H3/t23-,24-,25+,26-,28?,29-,31?,32?,33?,35?,37+,38+/m1/s1. The van der Waals surface area contributed by atoms with Crippen molar-refractivity contribution in [3.8, 4) is 12.3 Å². The predicted molar refractivity (Wildman–Crippen MR) is 190 cm³/mol. The van der Waals surface area contributed by atoms with Crippen LogP contribution in [0.15, 0.2) is 30.4 Å². The lowest BCUT2D eigenvalue weighted by molar-refractivity contribution is -0.304. The Morgan fingerprint density at radius 3 is 2.42 bits per heavy atom. The second-order valence-corrected chi connectivity index (χ2v) is 14.8. The van der Waals surface area contributed by atoms with Gasteiger partial charge in [0.05, 0.1) is 35.9 Å². The van der Waals surface area contributed by atoms with Crippen LogP contribution >= 0.6 is 0 Å². The Morgan fingerprint density at radius 1 is 1.19 bits per heavy atom. The molecule has 12 atom stereocenters. The Morgan fingerprint density at radius 2 is 1.87 bits per heavy atom. The number of hydrogen-bond acceptors (Lipinski definition) is 13. The number of carbonyl (C=O) groups is 4. The molecule has 1 fully saturated rings. The third kappa shape index (κ3) is 10.1. The third-order valence-electron chi connectivity index (χ3n) is 10.2. The summed E-state index contributed by atoms with van der Waals surface area (Å²) in [4.78, 5) is 59.4. The summed E-state index contributed by atoms with van der Waals surface area (Å²) < 4.78 is 38.2. The summed E-state index contributed by atoms with van der Waals surface area (Å²) in [6, 6.07) is -0.278. The molecule has 0 amide bonds. The number of cyclic esters (lactones) is 1. The number of esters is 2. The number of imidazole rings is 1. The van der Waals surface area contributed by atoms with Gasteiger partial charge in [-0.15, -0.1) is 6.42 Å². The molecule has 3 rings (SSSR count). The molecule has 1 saturated heterocycles. The van der Waals surface area contributed by atoms with E-state index in [0.29, 0.717) is 6.42 Å². The van der Waals surface area contributed by atoms with Gasteiger partial charge in [-0.2, -0.15) is 0 Å². The summed E-state index contributed by atoms with van der Waals surface area (Å²) >= 11 is 0. The monoisotopic (exact) mass is 731 g/mol. The molecule has 0 radical (unpaired) electrons. The highest BCUT2D eigenvalue weighted by molar-refractivity contribution is 5.96. The van der Waals surface area contributed by atoms with Crippen LogP contribution < -0.4 is 0 Å². The quantitative estimate of drug-likeness (QED) is 0.233. The van der Waals surface area contributed by atoms with Gasteiger partial charge < -0.3 is 38.4 Å². The van der Waals surface area contributed by atoms with Gasteiger partial charge in [0.25, 0.3) is 0 Å². The van der Waals surface area contributed by atoms with E-state index in [0.717, 1.165) is 4.57 Å². The molecule has 290 valence electrons. The molecule has 2 aliphatic rings. The number of Topliss-reactive ketones (excluding diaryl/α,β-unsaturated/α-hetero) is 1. The average molecular weight is 732 g/mol. The van der Waals surface area contributed by atoms with Gasteiger partial charge in [-0.1, -0.05) is 26.7 Å². The van der Waals surface area contributed by atoms with Gasteiger partial charge >= 0.3 is 18.0 Å². The minimum atomic E-state index is -1.59. The minimum Gasteiger partial charge on any atom is -0.457 e. The summed E-state index contributed by atoms with van der Waals surface area (Å²) in [6.07, 6.45) is 5.52. The van der Waals surface area contributed by atoms with Crippen LogP contribution in [0.1, 0.15) is 81.6 Å². The van der Waals surface area contributed by atoms with Crippen LogP contribution in [-0.2, 0) is 42.8 Å². The lowest BCUT2D eigenvalue weighted by Gasteiger charge is -2.48. The fourth-order valence-electron chi connectivity index (χ4n) is 7.40. The molecule has 1 aromatic rings. The van der Waals surface area contributed by atoms with E-state index in [2.05, 4.69) is 10.9 Å². The Hall–Kier alpha value is -3.61. The van der Waals surface area contributed by atoms with Crippen LogP contribution in [0, 0.1) is 30.1 Å². The first-order valence-electron chi connectivity index (χ1n) is 17.8. The lowest BCUT2D eigenvalue weighted by Crippen LogP contribution is -2.60. The number of aliphatic hydroxyl groups excluding tert-OH is 1. The third-order valence-corrected chi connectivity index (χ3v) is 10.2. The van der Waals surface area contributed by atoms with Crippen LogP contribution in [-0.4, -0.2) is 118 Å². The fraction of sp³-hybridized carbons (Fsp3) is 0.711. The SMILES string of the molecule is C#CCO[C@@]1(C)C[C@@H](C)C(=O)C(C)=C[C@](C)(OC(=O)n2ccnc2)[C@@H](CC)OC(=O)[C@H](C)C(O)[C@H](C)C1OC1O[C@H](C)CC(N(C)C)C1OC(C)=O. The van der Waals surface area contributed by atoms with E-state index >= 15 is 0 Å². The van der Waals surface area contributed by atoms with Crippen molar-refractivity contribution in [2.45, 2.75) is 136 Å². The summed E-state index contributed by atoms with van der Waals surface area (Å²) in [5, 5.41) is 11.9. The molecule has 1 N–H and O–H groups in total. The number of hydrogen-bond donors (Lipinski definition) is 1. The second-order valence-electron chi connectivity index (χ2n) is 14.8. The van der Waals surface area contributed by atoms with Crippen LogP contribution in [0.25, 0.3) is 0 Å². The molecule has 0 aliphatic carbocycles.